The Bertz CT molecular complexity index is 558. The third kappa shape index (κ3) is 3.29. The number of benzene rings is 1. The van der Waals surface area contributed by atoms with Gasteiger partial charge in [0.15, 0.2) is 0 Å². The van der Waals surface area contributed by atoms with Crippen LogP contribution in [-0.4, -0.2) is 18.6 Å². The first-order valence-corrected chi connectivity index (χ1v) is 6.24. The standard InChI is InChI=1S/C15H17FN2O/c1-3-17-10-12-4-5-13(16)9-14(12)11-6-7-18-15(8-11)19-2/h4-9,17H,3,10H2,1-2H3. The van der Waals surface area contributed by atoms with Crippen molar-refractivity contribution in [3.8, 4) is 17.0 Å². The molecule has 0 spiro atoms. The normalized spacial score (nSPS) is 10.5. The maximum atomic E-state index is 13.5. The Morgan fingerprint density at radius 1 is 1.26 bits per heavy atom. The second-order valence-corrected chi connectivity index (χ2v) is 4.17. The van der Waals surface area contributed by atoms with Crippen molar-refractivity contribution in [3.05, 3.63) is 47.9 Å². The summed E-state index contributed by atoms with van der Waals surface area (Å²) in [5, 5.41) is 3.25. The molecule has 0 saturated heterocycles. The molecule has 0 bridgehead atoms. The molecule has 0 radical (unpaired) electrons. The number of methoxy groups -OCH3 is 1. The molecule has 2 aromatic rings. The molecule has 1 aromatic carbocycles. The van der Waals surface area contributed by atoms with E-state index in [1.165, 1.54) is 6.07 Å². The van der Waals surface area contributed by atoms with Gasteiger partial charge < -0.3 is 10.1 Å². The molecule has 0 aliphatic heterocycles. The molecule has 0 unspecified atom stereocenters. The summed E-state index contributed by atoms with van der Waals surface area (Å²) in [4.78, 5) is 4.07. The molecule has 0 aliphatic carbocycles. The zero-order valence-electron chi connectivity index (χ0n) is 11.1. The van der Waals surface area contributed by atoms with Crippen LogP contribution in [0.3, 0.4) is 0 Å². The zero-order valence-corrected chi connectivity index (χ0v) is 11.1. The lowest BCUT2D eigenvalue weighted by Gasteiger charge is -2.11. The first-order valence-electron chi connectivity index (χ1n) is 6.24. The summed E-state index contributed by atoms with van der Waals surface area (Å²) in [5.41, 5.74) is 2.82. The van der Waals surface area contributed by atoms with E-state index < -0.39 is 0 Å². The Morgan fingerprint density at radius 2 is 2.11 bits per heavy atom. The molecule has 100 valence electrons. The van der Waals surface area contributed by atoms with Crippen LogP contribution in [0.5, 0.6) is 5.88 Å². The fraction of sp³-hybridized carbons (Fsp3) is 0.267. The summed E-state index contributed by atoms with van der Waals surface area (Å²) in [6.07, 6.45) is 1.66. The maximum absolute atomic E-state index is 13.5. The smallest absolute Gasteiger partial charge is 0.213 e. The SMILES string of the molecule is CCNCc1ccc(F)cc1-c1ccnc(OC)c1. The molecule has 0 saturated carbocycles. The Balaban J connectivity index is 2.43. The van der Waals surface area contributed by atoms with Crippen LogP contribution in [0, 0.1) is 5.82 Å². The van der Waals surface area contributed by atoms with E-state index in [9.17, 15) is 4.39 Å². The molecular formula is C15H17FN2O. The first-order chi connectivity index (χ1) is 9.24. The van der Waals surface area contributed by atoms with Crippen LogP contribution < -0.4 is 10.1 Å². The summed E-state index contributed by atoms with van der Waals surface area (Å²) in [7, 11) is 1.57. The molecule has 0 amide bonds. The number of ether oxygens (including phenoxy) is 1. The highest BCUT2D eigenvalue weighted by Gasteiger charge is 2.08. The average molecular weight is 260 g/mol. The molecule has 0 atom stereocenters. The van der Waals surface area contributed by atoms with Crippen molar-refractivity contribution in [1.29, 1.82) is 0 Å². The number of hydrogen-bond acceptors (Lipinski definition) is 3. The Kier molecular flexibility index (Phi) is 4.47. The quantitative estimate of drug-likeness (QED) is 0.897. The van der Waals surface area contributed by atoms with Crippen molar-refractivity contribution in [2.24, 2.45) is 0 Å². The lowest BCUT2D eigenvalue weighted by molar-refractivity contribution is 0.398. The Hall–Kier alpha value is -1.94. The number of nitrogens with one attached hydrogen (secondary N) is 1. The minimum absolute atomic E-state index is 0.244. The second-order valence-electron chi connectivity index (χ2n) is 4.17. The average Bonchev–Trinajstić information content (AvgIpc) is 2.46. The van der Waals surface area contributed by atoms with Crippen molar-refractivity contribution in [2.75, 3.05) is 13.7 Å². The molecule has 0 aliphatic rings. The van der Waals surface area contributed by atoms with Gasteiger partial charge in [-0.25, -0.2) is 9.37 Å². The first kappa shape index (κ1) is 13.5. The third-order valence-electron chi connectivity index (χ3n) is 2.89. The van der Waals surface area contributed by atoms with E-state index in [0.717, 1.165) is 23.2 Å². The zero-order chi connectivity index (χ0) is 13.7. The van der Waals surface area contributed by atoms with Crippen LogP contribution in [0.2, 0.25) is 0 Å². The van der Waals surface area contributed by atoms with Gasteiger partial charge in [0.25, 0.3) is 0 Å². The van der Waals surface area contributed by atoms with Gasteiger partial charge in [0.2, 0.25) is 5.88 Å². The van der Waals surface area contributed by atoms with E-state index in [0.29, 0.717) is 12.4 Å². The van der Waals surface area contributed by atoms with Crippen molar-refractivity contribution in [2.45, 2.75) is 13.5 Å². The van der Waals surface area contributed by atoms with Crippen molar-refractivity contribution >= 4 is 0 Å². The van der Waals surface area contributed by atoms with Crippen LogP contribution in [-0.2, 0) is 6.54 Å². The number of aromatic nitrogens is 1. The molecule has 0 fully saturated rings. The Labute approximate surface area is 112 Å². The number of halogens is 1. The van der Waals surface area contributed by atoms with E-state index in [-0.39, 0.29) is 5.82 Å². The van der Waals surface area contributed by atoms with E-state index in [1.54, 1.807) is 25.4 Å². The van der Waals surface area contributed by atoms with Crippen LogP contribution in [0.4, 0.5) is 4.39 Å². The number of hydrogen-bond donors (Lipinski definition) is 1. The number of rotatable bonds is 5. The molecule has 1 heterocycles. The molecular weight excluding hydrogens is 243 g/mol. The minimum Gasteiger partial charge on any atom is -0.481 e. The van der Waals surface area contributed by atoms with Gasteiger partial charge in [-0.3, -0.25) is 0 Å². The lowest BCUT2D eigenvalue weighted by Crippen LogP contribution is -2.12. The summed E-state index contributed by atoms with van der Waals surface area (Å²) >= 11 is 0. The minimum atomic E-state index is -0.244. The maximum Gasteiger partial charge on any atom is 0.213 e. The predicted octanol–water partition coefficient (Wildman–Crippen LogP) is 3.01. The van der Waals surface area contributed by atoms with Gasteiger partial charge in [0, 0.05) is 18.8 Å². The molecule has 4 heteroatoms. The Morgan fingerprint density at radius 3 is 2.84 bits per heavy atom. The third-order valence-corrected chi connectivity index (χ3v) is 2.89. The van der Waals surface area contributed by atoms with Crippen molar-refractivity contribution in [1.82, 2.24) is 10.3 Å². The van der Waals surface area contributed by atoms with Crippen molar-refractivity contribution < 1.29 is 9.13 Å². The largest absolute Gasteiger partial charge is 0.481 e. The second kappa shape index (κ2) is 6.29. The summed E-state index contributed by atoms with van der Waals surface area (Å²) < 4.78 is 18.6. The molecule has 2 rings (SSSR count). The van der Waals surface area contributed by atoms with Gasteiger partial charge >= 0.3 is 0 Å². The van der Waals surface area contributed by atoms with Gasteiger partial charge in [-0.2, -0.15) is 0 Å². The van der Waals surface area contributed by atoms with E-state index in [1.807, 2.05) is 19.1 Å². The molecule has 19 heavy (non-hydrogen) atoms. The van der Waals surface area contributed by atoms with Crippen LogP contribution >= 0.6 is 0 Å². The molecule has 3 nitrogen and oxygen atoms in total. The monoisotopic (exact) mass is 260 g/mol. The fourth-order valence-corrected chi connectivity index (χ4v) is 1.92. The van der Waals surface area contributed by atoms with Crippen LogP contribution in [0.15, 0.2) is 36.5 Å². The lowest BCUT2D eigenvalue weighted by atomic mass is 10.0. The number of nitrogens with zero attached hydrogens (tertiary/aromatic N) is 1. The van der Waals surface area contributed by atoms with E-state index >= 15 is 0 Å². The van der Waals surface area contributed by atoms with Gasteiger partial charge in [-0.05, 0) is 41.4 Å². The summed E-state index contributed by atoms with van der Waals surface area (Å²) in [6, 6.07) is 8.49. The van der Waals surface area contributed by atoms with Crippen molar-refractivity contribution in [3.63, 3.8) is 0 Å². The van der Waals surface area contributed by atoms with Gasteiger partial charge in [-0.15, -0.1) is 0 Å². The summed E-state index contributed by atoms with van der Waals surface area (Å²) in [6.45, 7) is 3.62. The van der Waals surface area contributed by atoms with Gasteiger partial charge in [0.05, 0.1) is 7.11 Å². The van der Waals surface area contributed by atoms with Crippen LogP contribution in [0.1, 0.15) is 12.5 Å². The van der Waals surface area contributed by atoms with E-state index in [2.05, 4.69) is 10.3 Å². The predicted molar refractivity (Wildman–Crippen MR) is 73.6 cm³/mol. The highest BCUT2D eigenvalue weighted by atomic mass is 19.1. The number of pyridine rings is 1. The van der Waals surface area contributed by atoms with Gasteiger partial charge in [-0.1, -0.05) is 13.0 Å². The molecule has 1 aromatic heterocycles. The topological polar surface area (TPSA) is 34.2 Å². The van der Waals surface area contributed by atoms with Gasteiger partial charge in [0.1, 0.15) is 5.82 Å². The highest BCUT2D eigenvalue weighted by molar-refractivity contribution is 5.68. The molecule has 1 N–H and O–H groups in total. The van der Waals surface area contributed by atoms with Crippen LogP contribution in [0.25, 0.3) is 11.1 Å². The highest BCUT2D eigenvalue weighted by Crippen LogP contribution is 2.26. The summed E-state index contributed by atoms with van der Waals surface area (Å²) in [5.74, 6) is 0.280. The van der Waals surface area contributed by atoms with E-state index in [4.69, 9.17) is 4.74 Å². The fourth-order valence-electron chi connectivity index (χ4n) is 1.92.